The largest absolute Gasteiger partial charge is 0.508 e. The molecule has 4 aromatic carbocycles. The average Bonchev–Trinajstić information content (AvgIpc) is 3.50. The van der Waals surface area contributed by atoms with Crippen molar-refractivity contribution >= 4 is 35.1 Å². The van der Waals surface area contributed by atoms with Crippen molar-refractivity contribution < 1.29 is 34.0 Å². The number of aromatic nitrogens is 4. The number of pyridine rings is 1. The number of carbonyl (C=O) groups excluding carboxylic acids is 2. The summed E-state index contributed by atoms with van der Waals surface area (Å²) in [6.07, 6.45) is 2.09. The first-order valence-electron chi connectivity index (χ1n) is 19.5. The van der Waals surface area contributed by atoms with Gasteiger partial charge in [0, 0.05) is 65.0 Å². The lowest BCUT2D eigenvalue weighted by atomic mass is 9.73. The smallest absolute Gasteiger partial charge is 0.340 e. The predicted octanol–water partition coefficient (Wildman–Crippen LogP) is 7.02. The number of phenolic OH excluding ortho intramolecular Hbond substituents is 2. The van der Waals surface area contributed by atoms with Gasteiger partial charge in [-0.2, -0.15) is 15.0 Å². The van der Waals surface area contributed by atoms with Gasteiger partial charge in [-0.1, -0.05) is 18.2 Å². The van der Waals surface area contributed by atoms with E-state index in [1.165, 1.54) is 31.4 Å². The summed E-state index contributed by atoms with van der Waals surface area (Å²) in [7, 11) is 1.44. The maximum absolute atomic E-state index is 13.6. The molecule has 0 bridgehead atoms. The zero-order valence-electron chi connectivity index (χ0n) is 33.6. The number of aromatic hydroxyl groups is 2. The molecule has 1 unspecified atom stereocenters. The van der Waals surface area contributed by atoms with E-state index in [1.807, 2.05) is 42.5 Å². The molecule has 306 valence electrons. The second-order valence-electron chi connectivity index (χ2n) is 15.3. The van der Waals surface area contributed by atoms with E-state index in [2.05, 4.69) is 63.2 Å². The van der Waals surface area contributed by atoms with E-state index < -0.39 is 22.9 Å². The van der Waals surface area contributed by atoms with Crippen LogP contribution in [0.2, 0.25) is 0 Å². The molecule has 15 nitrogen and oxygen atoms in total. The Bertz CT molecular complexity index is 2540. The lowest BCUT2D eigenvalue weighted by Gasteiger charge is -2.36. The highest BCUT2D eigenvalue weighted by Crippen LogP contribution is 2.57. The van der Waals surface area contributed by atoms with Crippen LogP contribution in [0.25, 0.3) is 0 Å². The summed E-state index contributed by atoms with van der Waals surface area (Å²) in [5.74, 6) is -0.328. The van der Waals surface area contributed by atoms with Crippen molar-refractivity contribution in [3.05, 3.63) is 137 Å². The number of nitrogens with two attached hydrogens (primary N) is 1. The number of benzene rings is 4. The number of amides is 1. The number of rotatable bonds is 13. The second-order valence-corrected chi connectivity index (χ2v) is 15.3. The van der Waals surface area contributed by atoms with Crippen LogP contribution < -0.4 is 25.8 Å². The third-order valence-electron chi connectivity index (χ3n) is 11.1. The van der Waals surface area contributed by atoms with Crippen LogP contribution in [0.4, 0.5) is 23.3 Å². The number of phenols is 2. The first-order valence-corrected chi connectivity index (χ1v) is 19.5. The van der Waals surface area contributed by atoms with Gasteiger partial charge in [-0.3, -0.25) is 14.7 Å². The minimum absolute atomic E-state index is 0.0254. The first kappa shape index (κ1) is 39.6. The van der Waals surface area contributed by atoms with Gasteiger partial charge in [-0.15, -0.1) is 0 Å². The fourth-order valence-corrected chi connectivity index (χ4v) is 8.27. The number of fused-ring (bicyclic) bond motifs is 6. The fraction of sp³-hybridized carbons (Fsp3) is 0.244. The van der Waals surface area contributed by atoms with Crippen molar-refractivity contribution in [3.63, 3.8) is 0 Å². The maximum Gasteiger partial charge on any atom is 0.340 e. The summed E-state index contributed by atoms with van der Waals surface area (Å²) >= 11 is 0. The Labute approximate surface area is 346 Å². The molecule has 2 aliphatic heterocycles. The molecule has 0 fully saturated rings. The van der Waals surface area contributed by atoms with Crippen LogP contribution in [-0.2, 0) is 20.5 Å². The highest BCUT2D eigenvalue weighted by molar-refractivity contribution is 5.98. The third-order valence-corrected chi connectivity index (χ3v) is 11.1. The van der Waals surface area contributed by atoms with Crippen LogP contribution in [0.5, 0.6) is 29.0 Å². The van der Waals surface area contributed by atoms with Crippen molar-refractivity contribution in [3.8, 4) is 29.0 Å². The van der Waals surface area contributed by atoms with Crippen LogP contribution in [0.15, 0.2) is 103 Å². The first-order chi connectivity index (χ1) is 28.8. The second kappa shape index (κ2) is 15.5. The van der Waals surface area contributed by atoms with Gasteiger partial charge >= 0.3 is 12.0 Å². The Balaban J connectivity index is 1.11. The average molecular weight is 809 g/mol. The molecule has 8 rings (SSSR count). The molecule has 0 saturated carbocycles. The van der Waals surface area contributed by atoms with Crippen LogP contribution in [0.3, 0.4) is 0 Å². The number of nitrogens with zero attached hydrogens (tertiary/aromatic N) is 5. The summed E-state index contributed by atoms with van der Waals surface area (Å²) in [5.41, 5.74) is 7.80. The van der Waals surface area contributed by atoms with E-state index in [4.69, 9.17) is 19.9 Å². The number of primary amides is 1. The van der Waals surface area contributed by atoms with E-state index in [9.17, 15) is 19.8 Å². The molecule has 4 heterocycles. The van der Waals surface area contributed by atoms with Crippen LogP contribution in [0, 0.1) is 0 Å². The normalized spacial score (nSPS) is 14.5. The molecule has 60 heavy (non-hydrogen) atoms. The molecule has 0 radical (unpaired) electrons. The zero-order chi connectivity index (χ0) is 42.3. The van der Waals surface area contributed by atoms with Gasteiger partial charge in [0.2, 0.25) is 17.8 Å². The van der Waals surface area contributed by atoms with E-state index >= 15 is 0 Å². The Morgan fingerprint density at radius 3 is 2.00 bits per heavy atom. The van der Waals surface area contributed by atoms with Gasteiger partial charge in [0.15, 0.2) is 5.60 Å². The van der Waals surface area contributed by atoms with Crippen molar-refractivity contribution in [1.82, 2.24) is 24.8 Å². The van der Waals surface area contributed by atoms with E-state index in [0.717, 1.165) is 0 Å². The summed E-state index contributed by atoms with van der Waals surface area (Å²) in [6, 6.07) is 27.6. The standard InChI is InChI=1S/C45H44N8O7/c1-25(2)53(26(3)4)21-19-44(40(46)57,38-8-6-7-20-47-38)27-9-11-28(12-10-27)48-41-50-42(52-43(51-41)58-5)49-29-13-16-32-35(22-29)45(60-39(32)56)33-17-14-30(54)23-36(33)59-37-24-31(55)15-18-34(37)45/h6-18,20,22-26,54-55H,19,21H2,1-5H3,(H2,46,57)(H2,48,49,50,51,52). The highest BCUT2D eigenvalue weighted by Gasteiger charge is 2.54. The molecule has 1 atom stereocenters. The summed E-state index contributed by atoms with van der Waals surface area (Å²) < 4.78 is 17.7. The fourth-order valence-electron chi connectivity index (χ4n) is 8.27. The molecule has 6 N–H and O–H groups in total. The zero-order valence-corrected chi connectivity index (χ0v) is 33.6. The van der Waals surface area contributed by atoms with Crippen LogP contribution in [0.1, 0.15) is 72.4 Å². The van der Waals surface area contributed by atoms with Gasteiger partial charge < -0.3 is 40.8 Å². The van der Waals surface area contributed by atoms with Crippen LogP contribution >= 0.6 is 0 Å². The lowest BCUT2D eigenvalue weighted by Crippen LogP contribution is -2.47. The summed E-state index contributed by atoms with van der Waals surface area (Å²) in [4.78, 5) is 47.4. The topological polar surface area (TPSA) is 207 Å². The number of methoxy groups -OCH3 is 1. The quantitative estimate of drug-likeness (QED) is 0.0744. The summed E-state index contributed by atoms with van der Waals surface area (Å²) in [5, 5.41) is 27.0. The molecule has 0 aliphatic carbocycles. The number of hydrogen-bond acceptors (Lipinski definition) is 14. The molecule has 15 heteroatoms. The number of nitrogens with one attached hydrogen (secondary N) is 2. The predicted molar refractivity (Wildman–Crippen MR) is 223 cm³/mol. The molecule has 2 aliphatic rings. The molecule has 6 aromatic rings. The van der Waals surface area contributed by atoms with E-state index in [-0.39, 0.29) is 53.0 Å². The number of hydrogen-bond donors (Lipinski definition) is 5. The minimum Gasteiger partial charge on any atom is -0.508 e. The lowest BCUT2D eigenvalue weighted by molar-refractivity contribution is -0.122. The number of anilines is 4. The summed E-state index contributed by atoms with van der Waals surface area (Å²) in [6.45, 7) is 9.16. The van der Waals surface area contributed by atoms with Crippen LogP contribution in [-0.4, -0.2) is 72.7 Å². The van der Waals surface area contributed by atoms with Gasteiger partial charge in [0.25, 0.3) is 0 Å². The number of esters is 1. The van der Waals surface area contributed by atoms with Gasteiger partial charge in [0.1, 0.15) is 28.4 Å². The van der Waals surface area contributed by atoms with Crippen molar-refractivity contribution in [2.75, 3.05) is 24.3 Å². The molecule has 1 spiro atoms. The Kier molecular flexibility index (Phi) is 10.2. The molecular formula is C45H44N8O7. The van der Waals surface area contributed by atoms with Gasteiger partial charge in [0.05, 0.1) is 18.4 Å². The number of carbonyl (C=O) groups is 2. The van der Waals surface area contributed by atoms with E-state index in [1.54, 1.807) is 36.5 Å². The highest BCUT2D eigenvalue weighted by atomic mass is 16.6. The van der Waals surface area contributed by atoms with Gasteiger partial charge in [-0.25, -0.2) is 4.79 Å². The van der Waals surface area contributed by atoms with Gasteiger partial charge in [-0.05, 0) is 106 Å². The van der Waals surface area contributed by atoms with Crippen molar-refractivity contribution in [1.29, 1.82) is 0 Å². The van der Waals surface area contributed by atoms with Crippen molar-refractivity contribution in [2.24, 2.45) is 5.73 Å². The molecule has 1 amide bonds. The Morgan fingerprint density at radius 2 is 1.43 bits per heavy atom. The molecule has 2 aromatic heterocycles. The Morgan fingerprint density at radius 1 is 0.817 bits per heavy atom. The Hall–Kier alpha value is -7.26. The molecular weight excluding hydrogens is 765 g/mol. The number of ether oxygens (including phenoxy) is 3. The minimum atomic E-state index is -1.46. The maximum atomic E-state index is 13.6. The molecule has 0 saturated heterocycles. The SMILES string of the molecule is COc1nc(Nc2ccc(C(CCN(C(C)C)C(C)C)(C(N)=O)c3ccccn3)cc2)nc(Nc2ccc3c(c2)C2(OC3=O)c3ccc(O)cc3Oc3cc(O)ccc32)n1. The van der Waals surface area contributed by atoms with E-state index in [0.29, 0.717) is 57.9 Å². The monoisotopic (exact) mass is 808 g/mol. The van der Waals surface area contributed by atoms with Crippen molar-refractivity contribution in [2.45, 2.75) is 57.2 Å². The third kappa shape index (κ3) is 6.91.